The Bertz CT molecular complexity index is 1800. The molecular weight excluding hydrogens is 462 g/mol. The Hall–Kier alpha value is -4.11. The Labute approximate surface area is 202 Å². The maximum Gasteiger partial charge on any atom is 0.278 e. The zero-order valence-electron chi connectivity index (χ0n) is 19.6. The van der Waals surface area contributed by atoms with Crippen LogP contribution in [0.3, 0.4) is 0 Å². The molecule has 4 heterocycles. The normalized spacial score (nSPS) is 11.9. The molecule has 5 rings (SSSR count). The number of nitrogen functional groups attached to an aromatic ring is 1. The Morgan fingerprint density at radius 3 is 2.51 bits per heavy atom. The summed E-state index contributed by atoms with van der Waals surface area (Å²) >= 11 is 0. The lowest BCUT2D eigenvalue weighted by molar-refractivity contribution is -0.651. The average molecular weight is 487 g/mol. The quantitative estimate of drug-likeness (QED) is 0.309. The molecular formula is C26H24N5O3S+. The van der Waals surface area contributed by atoms with Gasteiger partial charge in [0, 0.05) is 29.7 Å². The van der Waals surface area contributed by atoms with Crippen LogP contribution in [-0.4, -0.2) is 22.8 Å². The minimum atomic E-state index is -4.03. The van der Waals surface area contributed by atoms with Gasteiger partial charge in [0.1, 0.15) is 10.3 Å². The molecule has 0 bridgehead atoms. The number of hydrogen-bond donors (Lipinski definition) is 1. The number of anilines is 1. The van der Waals surface area contributed by atoms with Gasteiger partial charge >= 0.3 is 0 Å². The number of rotatable bonds is 4. The molecule has 0 unspecified atom stereocenters. The van der Waals surface area contributed by atoms with Crippen LogP contribution in [0.25, 0.3) is 16.7 Å². The number of pyridine rings is 3. The third kappa shape index (κ3) is 3.74. The Morgan fingerprint density at radius 2 is 1.80 bits per heavy atom. The van der Waals surface area contributed by atoms with E-state index in [9.17, 15) is 13.2 Å². The number of aromatic nitrogens is 4. The predicted molar refractivity (Wildman–Crippen MR) is 133 cm³/mol. The van der Waals surface area contributed by atoms with E-state index in [1.165, 1.54) is 10.5 Å². The van der Waals surface area contributed by atoms with E-state index in [1.807, 2.05) is 32.9 Å². The maximum atomic E-state index is 13.8. The van der Waals surface area contributed by atoms with Crippen LogP contribution in [0.15, 0.2) is 81.7 Å². The van der Waals surface area contributed by atoms with Crippen molar-refractivity contribution < 1.29 is 13.0 Å². The highest BCUT2D eigenvalue weighted by Crippen LogP contribution is 2.28. The lowest BCUT2D eigenvalue weighted by atomic mass is 10.1. The molecule has 0 aliphatic carbocycles. The van der Waals surface area contributed by atoms with Gasteiger partial charge in [-0.05, 0) is 62.2 Å². The van der Waals surface area contributed by atoms with Gasteiger partial charge in [-0.1, -0.05) is 23.2 Å². The lowest BCUT2D eigenvalue weighted by Crippen LogP contribution is -2.42. The summed E-state index contributed by atoms with van der Waals surface area (Å²) in [6.07, 6.45) is 4.94. The molecule has 0 aliphatic rings. The Kier molecular flexibility index (Phi) is 5.36. The first-order valence-electron chi connectivity index (χ1n) is 11.0. The lowest BCUT2D eigenvalue weighted by Gasteiger charge is -2.14. The highest BCUT2D eigenvalue weighted by Gasteiger charge is 2.30. The molecule has 0 fully saturated rings. The Morgan fingerprint density at radius 1 is 1.00 bits per heavy atom. The fourth-order valence-corrected chi connectivity index (χ4v) is 5.63. The van der Waals surface area contributed by atoms with Gasteiger partial charge in [-0.2, -0.15) is 0 Å². The minimum absolute atomic E-state index is 0.00409. The maximum absolute atomic E-state index is 13.8. The van der Waals surface area contributed by atoms with Crippen LogP contribution in [0.4, 0.5) is 5.82 Å². The molecule has 0 saturated carbocycles. The standard InChI is InChI=1S/C26H23N5O3S/c1-16-8-9-20(12-18(16)3)35(33,34)22-13-21-25(29-24-17(2)6-5-11-30(24)26(21)32)31(23(22)27)15-19-7-4-10-28-14-19/h4-14,27H,15H2,1-3H3/p+1. The second-order valence-electron chi connectivity index (χ2n) is 8.63. The number of nitrogens with two attached hydrogens (primary N) is 1. The van der Waals surface area contributed by atoms with Crippen molar-refractivity contribution in [2.75, 3.05) is 5.73 Å². The van der Waals surface area contributed by atoms with Crippen LogP contribution in [0.1, 0.15) is 22.3 Å². The first-order valence-corrected chi connectivity index (χ1v) is 12.5. The molecule has 1 aromatic carbocycles. The smallest absolute Gasteiger partial charge is 0.278 e. The summed E-state index contributed by atoms with van der Waals surface area (Å²) in [5.41, 5.74) is 10.4. The summed E-state index contributed by atoms with van der Waals surface area (Å²) in [5.74, 6) is 0.00409. The van der Waals surface area contributed by atoms with Crippen LogP contribution in [0, 0.1) is 20.8 Å². The minimum Gasteiger partial charge on any atom is -0.317 e. The summed E-state index contributed by atoms with van der Waals surface area (Å²) in [6, 6.07) is 13.5. The van der Waals surface area contributed by atoms with Crippen molar-refractivity contribution in [3.8, 4) is 0 Å². The van der Waals surface area contributed by atoms with Crippen LogP contribution in [0.2, 0.25) is 0 Å². The molecule has 0 radical (unpaired) electrons. The number of nitrogens with zero attached hydrogens (tertiary/aromatic N) is 4. The fourth-order valence-electron chi connectivity index (χ4n) is 4.14. The Balaban J connectivity index is 1.88. The van der Waals surface area contributed by atoms with Gasteiger partial charge < -0.3 is 5.73 Å². The van der Waals surface area contributed by atoms with E-state index in [0.717, 1.165) is 22.3 Å². The van der Waals surface area contributed by atoms with Crippen LogP contribution < -0.4 is 15.9 Å². The molecule has 0 aliphatic heterocycles. The van der Waals surface area contributed by atoms with E-state index in [0.29, 0.717) is 11.3 Å². The van der Waals surface area contributed by atoms with E-state index in [1.54, 1.807) is 53.5 Å². The van der Waals surface area contributed by atoms with Crippen LogP contribution in [0.5, 0.6) is 0 Å². The molecule has 8 nitrogen and oxygen atoms in total. The van der Waals surface area contributed by atoms with Crippen molar-refractivity contribution in [1.82, 2.24) is 14.4 Å². The SMILES string of the molecule is Cc1ccc(S(=O)(=O)c2cc3c(=O)n4cccc(C)c4nc3[n+](Cc3cccnc3)c2N)cc1C. The van der Waals surface area contributed by atoms with Gasteiger partial charge in [0.2, 0.25) is 21.3 Å². The van der Waals surface area contributed by atoms with Gasteiger partial charge in [0.25, 0.3) is 11.2 Å². The first-order chi connectivity index (χ1) is 16.7. The zero-order chi connectivity index (χ0) is 24.9. The van der Waals surface area contributed by atoms with Gasteiger partial charge in [0.05, 0.1) is 11.4 Å². The van der Waals surface area contributed by atoms with E-state index >= 15 is 0 Å². The van der Waals surface area contributed by atoms with Crippen LogP contribution >= 0.6 is 0 Å². The van der Waals surface area contributed by atoms with Crippen molar-refractivity contribution in [2.24, 2.45) is 0 Å². The van der Waals surface area contributed by atoms with Crippen molar-refractivity contribution in [3.63, 3.8) is 0 Å². The van der Waals surface area contributed by atoms with Crippen molar-refractivity contribution >= 4 is 32.3 Å². The monoisotopic (exact) mass is 486 g/mol. The highest BCUT2D eigenvalue weighted by atomic mass is 32.2. The number of benzene rings is 1. The highest BCUT2D eigenvalue weighted by molar-refractivity contribution is 7.91. The summed E-state index contributed by atoms with van der Waals surface area (Å²) in [5, 5.41) is 0.161. The summed E-state index contributed by atoms with van der Waals surface area (Å²) < 4.78 is 30.5. The fraction of sp³-hybridized carbons (Fsp3) is 0.154. The summed E-state index contributed by atoms with van der Waals surface area (Å²) in [6.45, 7) is 5.82. The number of aryl methyl sites for hydroxylation is 3. The van der Waals surface area contributed by atoms with Gasteiger partial charge in [-0.15, -0.1) is 0 Å². The average Bonchev–Trinajstić information content (AvgIpc) is 2.84. The van der Waals surface area contributed by atoms with E-state index < -0.39 is 9.84 Å². The topological polar surface area (TPSA) is 111 Å². The third-order valence-corrected chi connectivity index (χ3v) is 8.06. The molecule has 35 heavy (non-hydrogen) atoms. The largest absolute Gasteiger partial charge is 0.317 e. The number of hydrogen-bond acceptors (Lipinski definition) is 6. The third-order valence-electron chi connectivity index (χ3n) is 6.28. The molecule has 0 atom stereocenters. The molecule has 0 amide bonds. The second kappa shape index (κ2) is 8.28. The molecule has 2 N–H and O–H groups in total. The van der Waals surface area contributed by atoms with E-state index in [-0.39, 0.29) is 33.1 Å². The van der Waals surface area contributed by atoms with E-state index in [4.69, 9.17) is 10.7 Å². The molecule has 176 valence electrons. The van der Waals surface area contributed by atoms with Crippen molar-refractivity contribution in [2.45, 2.75) is 37.1 Å². The molecule has 0 saturated heterocycles. The van der Waals surface area contributed by atoms with Crippen molar-refractivity contribution in [1.29, 1.82) is 0 Å². The van der Waals surface area contributed by atoms with Gasteiger partial charge in [0.15, 0.2) is 0 Å². The molecule has 9 heteroatoms. The molecule has 5 aromatic rings. The molecule has 0 spiro atoms. The summed E-state index contributed by atoms with van der Waals surface area (Å²) in [7, 11) is -4.03. The number of sulfone groups is 1. The molecule has 4 aromatic heterocycles. The van der Waals surface area contributed by atoms with E-state index in [2.05, 4.69) is 4.98 Å². The number of fused-ring (bicyclic) bond motifs is 2. The predicted octanol–water partition coefficient (Wildman–Crippen LogP) is 2.92. The van der Waals surface area contributed by atoms with Gasteiger partial charge in [-0.3, -0.25) is 14.2 Å². The second-order valence-corrected chi connectivity index (χ2v) is 10.5. The summed E-state index contributed by atoms with van der Waals surface area (Å²) in [4.78, 5) is 22.4. The van der Waals surface area contributed by atoms with Crippen LogP contribution in [-0.2, 0) is 16.4 Å². The first kappa shape index (κ1) is 22.7. The zero-order valence-corrected chi connectivity index (χ0v) is 20.4. The van der Waals surface area contributed by atoms with Gasteiger partial charge in [-0.25, -0.2) is 13.0 Å². The van der Waals surface area contributed by atoms with Crippen molar-refractivity contribution in [3.05, 3.63) is 99.7 Å².